The van der Waals surface area contributed by atoms with Crippen molar-refractivity contribution in [3.63, 3.8) is 0 Å². The van der Waals surface area contributed by atoms with Gasteiger partial charge in [0.15, 0.2) is 0 Å². The molecule has 3 rings (SSSR count). The smallest absolute Gasteiger partial charge is 0.220 e. The van der Waals surface area contributed by atoms with Gasteiger partial charge in [0.25, 0.3) is 0 Å². The fourth-order valence-corrected chi connectivity index (χ4v) is 3.36. The molecule has 0 bridgehead atoms. The number of nitrogens with zero attached hydrogens (tertiary/aromatic N) is 2. The van der Waals surface area contributed by atoms with Crippen molar-refractivity contribution in [1.82, 2.24) is 15.1 Å². The molecule has 5 nitrogen and oxygen atoms in total. The molecule has 0 unspecified atom stereocenters. The molecule has 2 atom stereocenters. The first-order chi connectivity index (χ1) is 12.0. The monoisotopic (exact) mass is 341 g/mol. The predicted molar refractivity (Wildman–Crippen MR) is 97.8 cm³/mol. The number of hydrogen-bond acceptors (Lipinski definition) is 3. The Labute approximate surface area is 149 Å². The Hall–Kier alpha value is -2.14. The molecular formula is C20H27N3O2. The highest BCUT2D eigenvalue weighted by molar-refractivity contribution is 5.76. The van der Waals surface area contributed by atoms with Gasteiger partial charge in [0.05, 0.1) is 23.5 Å². The van der Waals surface area contributed by atoms with E-state index < -0.39 is 0 Å². The number of nitrogens with one attached hydrogen (secondary N) is 1. The van der Waals surface area contributed by atoms with E-state index >= 15 is 0 Å². The molecule has 25 heavy (non-hydrogen) atoms. The van der Waals surface area contributed by atoms with Crippen molar-refractivity contribution in [2.45, 2.75) is 58.6 Å². The zero-order valence-corrected chi connectivity index (χ0v) is 15.3. The minimum absolute atomic E-state index is 0.00787. The van der Waals surface area contributed by atoms with Crippen molar-refractivity contribution in [2.75, 3.05) is 6.61 Å². The normalized spacial score (nSPS) is 18.3. The number of aryl methyl sites for hydroxylation is 2. The first kappa shape index (κ1) is 17.7. The lowest BCUT2D eigenvalue weighted by molar-refractivity contribution is -0.122. The summed E-state index contributed by atoms with van der Waals surface area (Å²) in [5, 5.41) is 7.58. The van der Waals surface area contributed by atoms with Crippen molar-refractivity contribution in [1.29, 1.82) is 0 Å². The maximum Gasteiger partial charge on any atom is 0.220 e. The van der Waals surface area contributed by atoms with Crippen LogP contribution in [0.15, 0.2) is 30.3 Å². The van der Waals surface area contributed by atoms with Gasteiger partial charge in [0.2, 0.25) is 5.91 Å². The number of ether oxygens (including phenoxy) is 1. The minimum atomic E-state index is -0.00787. The molecule has 0 saturated carbocycles. The van der Waals surface area contributed by atoms with Gasteiger partial charge in [-0.3, -0.25) is 4.79 Å². The summed E-state index contributed by atoms with van der Waals surface area (Å²) in [6.07, 6.45) is 3.80. The average molecular weight is 341 g/mol. The fraction of sp³-hybridized carbons (Fsp3) is 0.500. The van der Waals surface area contributed by atoms with Gasteiger partial charge in [-0.2, -0.15) is 5.10 Å². The summed E-state index contributed by atoms with van der Waals surface area (Å²) >= 11 is 0. The van der Waals surface area contributed by atoms with Crippen LogP contribution < -0.4 is 5.32 Å². The van der Waals surface area contributed by atoms with E-state index in [1.54, 1.807) is 0 Å². The topological polar surface area (TPSA) is 56.2 Å². The summed E-state index contributed by atoms with van der Waals surface area (Å²) < 4.78 is 7.51. The van der Waals surface area contributed by atoms with Crippen molar-refractivity contribution in [2.24, 2.45) is 0 Å². The Balaban J connectivity index is 1.55. The molecule has 1 amide bonds. The molecule has 0 spiro atoms. The third-order valence-corrected chi connectivity index (χ3v) is 4.74. The number of hydrogen-bond donors (Lipinski definition) is 1. The van der Waals surface area contributed by atoms with E-state index in [9.17, 15) is 4.79 Å². The predicted octanol–water partition coefficient (Wildman–Crippen LogP) is 3.63. The molecular weight excluding hydrogens is 314 g/mol. The van der Waals surface area contributed by atoms with E-state index in [0.717, 1.165) is 48.5 Å². The van der Waals surface area contributed by atoms with Crippen LogP contribution in [0, 0.1) is 13.8 Å². The molecule has 1 aliphatic rings. The standard InChI is InChI=1S/C20H27N3O2/c1-14-13-15(2)23(22-14)18-8-6-17(7-9-18)16(3)21-20(24)11-10-19-5-4-12-25-19/h6-9,13,16,19H,4-5,10-12H2,1-3H3,(H,21,24)/t16-,19+/m1/s1. The lowest BCUT2D eigenvalue weighted by Gasteiger charge is -2.16. The number of amides is 1. The van der Waals surface area contributed by atoms with Crippen LogP contribution in [0.1, 0.15) is 55.6 Å². The summed E-state index contributed by atoms with van der Waals surface area (Å²) in [5.41, 5.74) is 4.25. The van der Waals surface area contributed by atoms with Crippen molar-refractivity contribution >= 4 is 5.91 Å². The van der Waals surface area contributed by atoms with Gasteiger partial charge in [-0.25, -0.2) is 4.68 Å². The maximum absolute atomic E-state index is 12.1. The second kappa shape index (κ2) is 7.83. The zero-order valence-electron chi connectivity index (χ0n) is 15.3. The highest BCUT2D eigenvalue weighted by Gasteiger charge is 2.17. The van der Waals surface area contributed by atoms with Crippen LogP contribution in [0.3, 0.4) is 0 Å². The van der Waals surface area contributed by atoms with Crippen molar-refractivity contribution in [3.05, 3.63) is 47.3 Å². The highest BCUT2D eigenvalue weighted by atomic mass is 16.5. The first-order valence-electron chi connectivity index (χ1n) is 9.07. The molecule has 1 saturated heterocycles. The molecule has 0 radical (unpaired) electrons. The zero-order chi connectivity index (χ0) is 17.8. The van der Waals surface area contributed by atoms with Gasteiger partial charge >= 0.3 is 0 Å². The Kier molecular flexibility index (Phi) is 5.53. The van der Waals surface area contributed by atoms with Gasteiger partial charge in [0.1, 0.15) is 0 Å². The number of rotatable bonds is 6. The summed E-state index contributed by atoms with van der Waals surface area (Å²) in [4.78, 5) is 12.1. The van der Waals surface area contributed by atoms with Crippen molar-refractivity contribution in [3.8, 4) is 5.69 Å². The molecule has 0 aliphatic carbocycles. The number of benzene rings is 1. The number of carbonyl (C=O) groups excluding carboxylic acids is 1. The summed E-state index contributed by atoms with van der Waals surface area (Å²) in [6.45, 7) is 6.89. The Morgan fingerprint density at radius 1 is 1.36 bits per heavy atom. The molecule has 1 N–H and O–H groups in total. The second-order valence-electron chi connectivity index (χ2n) is 6.89. The van der Waals surface area contributed by atoms with Crippen molar-refractivity contribution < 1.29 is 9.53 Å². The number of carbonyl (C=O) groups is 1. The van der Waals surface area contributed by atoms with Gasteiger partial charge in [0, 0.05) is 18.7 Å². The highest BCUT2D eigenvalue weighted by Crippen LogP contribution is 2.19. The molecule has 1 aromatic carbocycles. The largest absolute Gasteiger partial charge is 0.378 e. The average Bonchev–Trinajstić information content (AvgIpc) is 3.22. The van der Waals surface area contributed by atoms with Crippen LogP contribution in [0.25, 0.3) is 5.69 Å². The van der Waals surface area contributed by atoms with Crippen LogP contribution in [0.5, 0.6) is 0 Å². The fourth-order valence-electron chi connectivity index (χ4n) is 3.36. The second-order valence-corrected chi connectivity index (χ2v) is 6.89. The quantitative estimate of drug-likeness (QED) is 0.873. The SMILES string of the molecule is Cc1cc(C)n(-c2ccc([C@@H](C)NC(=O)CC[C@@H]3CCCO3)cc2)n1. The molecule has 1 aliphatic heterocycles. The van der Waals surface area contributed by atoms with E-state index in [1.165, 1.54) is 0 Å². The van der Waals surface area contributed by atoms with Gasteiger partial charge in [-0.05, 0) is 63.8 Å². The van der Waals surface area contributed by atoms with Crippen LogP contribution in [0.4, 0.5) is 0 Å². The van der Waals surface area contributed by atoms with Gasteiger partial charge in [-0.15, -0.1) is 0 Å². The number of aromatic nitrogens is 2. The molecule has 1 aromatic heterocycles. The van der Waals surface area contributed by atoms with E-state index in [2.05, 4.69) is 28.6 Å². The first-order valence-corrected chi connectivity index (χ1v) is 9.07. The molecule has 1 fully saturated rings. The Bertz CT molecular complexity index is 715. The summed E-state index contributed by atoms with van der Waals surface area (Å²) in [7, 11) is 0. The van der Waals surface area contributed by atoms with Crippen LogP contribution in [-0.2, 0) is 9.53 Å². The third-order valence-electron chi connectivity index (χ3n) is 4.74. The molecule has 134 valence electrons. The Morgan fingerprint density at radius 2 is 2.12 bits per heavy atom. The van der Waals surface area contributed by atoms with Gasteiger partial charge in [-0.1, -0.05) is 12.1 Å². The molecule has 5 heteroatoms. The minimum Gasteiger partial charge on any atom is -0.378 e. The summed E-state index contributed by atoms with van der Waals surface area (Å²) in [6, 6.07) is 10.2. The maximum atomic E-state index is 12.1. The van der Waals surface area contributed by atoms with Crippen LogP contribution in [0.2, 0.25) is 0 Å². The Morgan fingerprint density at radius 3 is 2.72 bits per heavy atom. The van der Waals surface area contributed by atoms with Crippen LogP contribution in [-0.4, -0.2) is 28.4 Å². The molecule has 2 heterocycles. The van der Waals surface area contributed by atoms with Crippen LogP contribution >= 0.6 is 0 Å². The summed E-state index contributed by atoms with van der Waals surface area (Å²) in [5.74, 6) is 0.0885. The van der Waals surface area contributed by atoms with E-state index in [4.69, 9.17) is 4.74 Å². The lowest BCUT2D eigenvalue weighted by Crippen LogP contribution is -2.27. The third kappa shape index (κ3) is 4.48. The van der Waals surface area contributed by atoms with E-state index in [0.29, 0.717) is 6.42 Å². The van der Waals surface area contributed by atoms with E-state index in [-0.39, 0.29) is 18.1 Å². The van der Waals surface area contributed by atoms with E-state index in [1.807, 2.05) is 37.6 Å². The molecule has 2 aromatic rings. The van der Waals surface area contributed by atoms with Gasteiger partial charge < -0.3 is 10.1 Å². The lowest BCUT2D eigenvalue weighted by atomic mass is 10.1.